The number of H-pyrrole nitrogens is 1. The fourth-order valence-corrected chi connectivity index (χ4v) is 13.2. The first-order valence-corrected chi connectivity index (χ1v) is 25.0. The molecule has 15 nitrogen and oxygen atoms in total. The Hall–Kier alpha value is -5.10. The lowest BCUT2D eigenvalue weighted by Crippen LogP contribution is -2.49. The van der Waals surface area contributed by atoms with Crippen molar-refractivity contribution >= 4 is 60.1 Å². The van der Waals surface area contributed by atoms with Crippen LogP contribution in [-0.2, 0) is 30.8 Å². The van der Waals surface area contributed by atoms with Gasteiger partial charge in [-0.15, -0.1) is 12.6 Å². The number of nitrogens with zero attached hydrogens (tertiary/aromatic N) is 6. The Morgan fingerprint density at radius 2 is 1.62 bits per heavy atom. The molecule has 1 unspecified atom stereocenters. The summed E-state index contributed by atoms with van der Waals surface area (Å²) in [5, 5.41) is -0.255. The van der Waals surface area contributed by atoms with Crippen LogP contribution in [0, 0.1) is 0 Å². The van der Waals surface area contributed by atoms with E-state index in [9.17, 15) is 9.59 Å². The largest absolute Gasteiger partial charge is 0.497 e. The number of nitrogens with one attached hydrogen (secondary N) is 1. The molecule has 9 rings (SSSR count). The Morgan fingerprint density at radius 3 is 2.27 bits per heavy atom. The van der Waals surface area contributed by atoms with Crippen LogP contribution in [0.2, 0.25) is 0 Å². The fraction of sp³-hybridized carbons (Fsp3) is 0.354. The van der Waals surface area contributed by atoms with Crippen molar-refractivity contribution < 1.29 is 33.0 Å². The van der Waals surface area contributed by atoms with Gasteiger partial charge in [0.15, 0.2) is 24.9 Å². The highest BCUT2D eigenvalue weighted by Gasteiger charge is 2.65. The predicted molar refractivity (Wildman–Crippen MR) is 259 cm³/mol. The van der Waals surface area contributed by atoms with Gasteiger partial charge in [-0.2, -0.15) is 4.98 Å². The maximum absolute atomic E-state index is 13.4. The monoisotopic (exact) mass is 949 g/mol. The van der Waals surface area contributed by atoms with Gasteiger partial charge in [0.25, 0.3) is 5.56 Å². The van der Waals surface area contributed by atoms with Gasteiger partial charge in [-0.1, -0.05) is 90.2 Å². The molecular weight excluding hydrogens is 898 g/mol. The minimum absolute atomic E-state index is 0.0297. The van der Waals surface area contributed by atoms with E-state index in [4.69, 9.17) is 33.2 Å². The third-order valence-electron chi connectivity index (χ3n) is 12.1. The maximum atomic E-state index is 13.4. The molecule has 66 heavy (non-hydrogen) atoms. The molecule has 0 amide bonds. The number of fused-ring (bicyclic) bond motifs is 3. The number of carbonyl (C=O) groups excluding carboxylic acids is 1. The molecule has 0 saturated carbocycles. The zero-order chi connectivity index (χ0) is 45.8. The lowest BCUT2D eigenvalue weighted by atomic mass is 9.79. The van der Waals surface area contributed by atoms with Gasteiger partial charge in [-0.05, 0) is 65.8 Å². The molecule has 4 aromatic carbocycles. The molecule has 6 aromatic rings. The van der Waals surface area contributed by atoms with E-state index in [1.54, 1.807) is 47.7 Å². The SMILES string of the molecule is COc1ccc(C(OC[C@@]23CO[C@@H]([C@H](n4cnc5c(=O)[nH]c(/N=C/N(C)C)nc54)O2)[C@@H]3OP(SCCc2ccccc2C(=O)S)N2CCCC2)(c2ccccc2)c2ccc(OC)cc2)cc1. The number of methoxy groups -OCH3 is 2. The molecule has 3 saturated heterocycles. The molecule has 5 atom stereocenters. The molecule has 3 aliphatic rings. The van der Waals surface area contributed by atoms with Gasteiger partial charge in [0.05, 0.1) is 40.1 Å². The standard InChI is InChI=1S/C48H52N7O8PS2/c1-53(2)30-50-46-51-42-39(43(56)52-46)49-31-55(42)44-40-41(63-64(54-25-10-11-26-54)66-27-24-32-12-8-9-15-38(32)45(57)65)47(62-44,28-60-40)29-61-48(33-13-6-5-7-14-33,34-16-20-36(58-3)21-17-34)35-18-22-37(59-4)23-19-35/h5-9,12-23,30-31,40-41,44H,10-11,24-29H2,1-4H3,(H,57,65)(H,51,52,56)/b50-30+/t40-,41+,44-,47-,64?/m1/s1. The van der Waals surface area contributed by atoms with Crippen LogP contribution in [-0.4, -0.2) is 119 Å². The quantitative estimate of drug-likeness (QED) is 0.0267. The van der Waals surface area contributed by atoms with Crippen LogP contribution in [0.4, 0.5) is 5.95 Å². The second-order valence-electron chi connectivity index (χ2n) is 16.5. The molecule has 3 fully saturated rings. The Kier molecular flexibility index (Phi) is 14.0. The molecule has 0 spiro atoms. The number of aromatic nitrogens is 4. The summed E-state index contributed by atoms with van der Waals surface area (Å²) in [7, 11) is 5.69. The highest BCUT2D eigenvalue weighted by Crippen LogP contribution is 2.61. The van der Waals surface area contributed by atoms with Crippen molar-refractivity contribution in [2.45, 2.75) is 48.9 Å². The van der Waals surface area contributed by atoms with Crippen molar-refractivity contribution in [1.29, 1.82) is 0 Å². The van der Waals surface area contributed by atoms with Crippen LogP contribution in [0.25, 0.3) is 11.2 Å². The van der Waals surface area contributed by atoms with E-state index in [2.05, 4.69) is 44.4 Å². The molecule has 2 bridgehead atoms. The van der Waals surface area contributed by atoms with Crippen molar-refractivity contribution in [3.8, 4) is 11.5 Å². The van der Waals surface area contributed by atoms with Crippen LogP contribution in [0.3, 0.4) is 0 Å². The number of carbonyl (C=O) groups is 1. The minimum Gasteiger partial charge on any atom is -0.497 e. The van der Waals surface area contributed by atoms with Gasteiger partial charge in [0.1, 0.15) is 34.9 Å². The number of hydrogen-bond acceptors (Lipinski definition) is 13. The second kappa shape index (κ2) is 20.0. The number of aliphatic imine (C=N–C) groups is 1. The number of aromatic amines is 1. The Bertz CT molecular complexity index is 2670. The summed E-state index contributed by atoms with van der Waals surface area (Å²) in [6.07, 6.45) is 3.80. The van der Waals surface area contributed by atoms with Crippen LogP contribution in [0.1, 0.15) is 51.7 Å². The molecule has 2 aromatic heterocycles. The summed E-state index contributed by atoms with van der Waals surface area (Å²) in [4.78, 5) is 43.9. The lowest BCUT2D eigenvalue weighted by molar-refractivity contribution is -0.201. The Morgan fingerprint density at radius 1 is 0.970 bits per heavy atom. The van der Waals surface area contributed by atoms with Crippen molar-refractivity contribution in [3.63, 3.8) is 0 Å². The van der Waals surface area contributed by atoms with Gasteiger partial charge >= 0.3 is 0 Å². The third kappa shape index (κ3) is 9.15. The van der Waals surface area contributed by atoms with Crippen LogP contribution in [0.15, 0.2) is 119 Å². The number of thiol groups is 1. The number of benzene rings is 4. The second-order valence-corrected chi connectivity index (χ2v) is 20.6. The summed E-state index contributed by atoms with van der Waals surface area (Å²) in [5.74, 6) is 2.24. The molecule has 1 N–H and O–H groups in total. The van der Waals surface area contributed by atoms with Crippen LogP contribution in [0.5, 0.6) is 11.5 Å². The number of ether oxygens (including phenoxy) is 5. The fourth-order valence-electron chi connectivity index (χ4n) is 8.83. The topological polar surface area (TPSA) is 155 Å². The van der Waals surface area contributed by atoms with E-state index in [1.165, 1.54) is 0 Å². The molecule has 0 aliphatic carbocycles. The summed E-state index contributed by atoms with van der Waals surface area (Å²) < 4.78 is 44.5. The third-order valence-corrected chi connectivity index (χ3v) is 16.4. The zero-order valence-electron chi connectivity index (χ0n) is 37.1. The van der Waals surface area contributed by atoms with E-state index < -0.39 is 42.7 Å². The maximum Gasteiger partial charge on any atom is 0.280 e. The van der Waals surface area contributed by atoms with Crippen molar-refractivity contribution in [2.24, 2.45) is 4.99 Å². The summed E-state index contributed by atoms with van der Waals surface area (Å²) in [6.45, 7) is 1.97. The van der Waals surface area contributed by atoms with Gasteiger partial charge in [0, 0.05) is 38.5 Å². The Balaban J connectivity index is 1.13. The van der Waals surface area contributed by atoms with E-state index in [-0.39, 0.29) is 29.8 Å². The normalized spacial score (nSPS) is 21.2. The first-order chi connectivity index (χ1) is 32.1. The van der Waals surface area contributed by atoms with Gasteiger partial charge < -0.3 is 33.1 Å². The average Bonchev–Trinajstić information content (AvgIpc) is 4.16. The Labute approximate surface area is 393 Å². The summed E-state index contributed by atoms with van der Waals surface area (Å²) in [5.41, 5.74) is 1.85. The summed E-state index contributed by atoms with van der Waals surface area (Å²) >= 11 is 5.90. The number of aryl methyl sites for hydroxylation is 1. The van der Waals surface area contributed by atoms with Crippen molar-refractivity contribution in [2.75, 3.05) is 60.4 Å². The van der Waals surface area contributed by atoms with Gasteiger partial charge in [0.2, 0.25) is 11.1 Å². The molecule has 18 heteroatoms. The number of rotatable bonds is 19. The van der Waals surface area contributed by atoms with E-state index >= 15 is 0 Å². The summed E-state index contributed by atoms with van der Waals surface area (Å²) in [6, 6.07) is 33.5. The molecular formula is C48H52N7O8PS2. The lowest BCUT2D eigenvalue weighted by Gasteiger charge is -2.40. The van der Waals surface area contributed by atoms with Crippen molar-refractivity contribution in [3.05, 3.63) is 148 Å². The molecule has 3 aliphatic heterocycles. The molecule has 5 heterocycles. The predicted octanol–water partition coefficient (Wildman–Crippen LogP) is 7.79. The minimum atomic E-state index is -1.27. The van der Waals surface area contributed by atoms with Crippen LogP contribution < -0.4 is 15.0 Å². The number of hydrogen-bond donors (Lipinski definition) is 2. The van der Waals surface area contributed by atoms with Crippen molar-refractivity contribution in [1.82, 2.24) is 29.1 Å². The van der Waals surface area contributed by atoms with Gasteiger partial charge in [-0.25, -0.2) is 9.98 Å². The number of imidazole rings is 1. The van der Waals surface area contributed by atoms with Gasteiger partial charge in [-0.3, -0.25) is 23.8 Å². The van der Waals surface area contributed by atoms with E-state index in [0.29, 0.717) is 34.9 Å². The smallest absolute Gasteiger partial charge is 0.280 e. The highest BCUT2D eigenvalue weighted by atomic mass is 32.7. The van der Waals surface area contributed by atoms with E-state index in [0.717, 1.165) is 48.2 Å². The molecule has 0 radical (unpaired) electrons. The first-order valence-electron chi connectivity index (χ1n) is 21.7. The first kappa shape index (κ1) is 46.0. The van der Waals surface area contributed by atoms with Crippen LogP contribution >= 0.6 is 31.5 Å². The average molecular weight is 950 g/mol. The zero-order valence-corrected chi connectivity index (χ0v) is 39.7. The highest BCUT2D eigenvalue weighted by molar-refractivity contribution is 8.53. The molecule has 344 valence electrons. The van der Waals surface area contributed by atoms with E-state index in [1.807, 2.05) is 105 Å².